The van der Waals surface area contributed by atoms with E-state index >= 15 is 0 Å². The summed E-state index contributed by atoms with van der Waals surface area (Å²) in [6.45, 7) is 17.8. The number of nitrogens with one attached hydrogen (secondary N) is 1. The minimum Gasteiger partial charge on any atom is -0.507 e. The molecule has 4 aliphatic heterocycles. The van der Waals surface area contributed by atoms with E-state index in [9.17, 15) is 34.8 Å². The zero-order chi connectivity index (χ0) is 45.6. The Balaban J connectivity index is 1.56. The van der Waals surface area contributed by atoms with Gasteiger partial charge in [0.15, 0.2) is 11.4 Å². The fourth-order valence-electron chi connectivity index (χ4n) is 9.18. The lowest BCUT2D eigenvalue weighted by atomic mass is 9.78. The Morgan fingerprint density at radius 1 is 1.00 bits per heavy atom. The summed E-state index contributed by atoms with van der Waals surface area (Å²) in [6, 6.07) is 0. The number of aromatic hydroxyl groups is 2. The largest absolute Gasteiger partial charge is 0.507 e. The Morgan fingerprint density at radius 2 is 1.66 bits per heavy atom. The molecule has 15 nitrogen and oxygen atoms in total. The van der Waals surface area contributed by atoms with Crippen LogP contribution in [0.3, 0.4) is 0 Å². The molecular formula is C47H60N4O11. The molecule has 2 aromatic carbocycles. The number of terminal acetylenes is 1. The van der Waals surface area contributed by atoms with Gasteiger partial charge in [0.05, 0.1) is 40.9 Å². The fraction of sp³-hybridized carbons (Fsp3) is 0.553. The van der Waals surface area contributed by atoms with Gasteiger partial charge in [0.1, 0.15) is 28.6 Å². The number of piperidine rings is 1. The lowest BCUT2D eigenvalue weighted by Crippen LogP contribution is -2.46. The number of anilines is 1. The molecule has 4 aliphatic rings. The number of hydrogen-bond acceptors (Lipinski definition) is 14. The fourth-order valence-corrected chi connectivity index (χ4v) is 9.18. The number of rotatable bonds is 4. The number of allylic oxidation sites excluding steroid dienone is 2. The molecule has 1 saturated heterocycles. The second-order valence-corrected chi connectivity index (χ2v) is 17.8. The monoisotopic (exact) mass is 856 g/mol. The Morgan fingerprint density at radius 3 is 2.27 bits per heavy atom. The molecule has 6 rings (SSSR count). The molecule has 0 saturated carbocycles. The van der Waals surface area contributed by atoms with Gasteiger partial charge in [-0.25, -0.2) is 0 Å². The zero-order valence-electron chi connectivity index (χ0n) is 37.2. The van der Waals surface area contributed by atoms with E-state index in [-0.39, 0.29) is 49.6 Å². The van der Waals surface area contributed by atoms with Gasteiger partial charge in [-0.05, 0) is 31.8 Å². The Kier molecular flexibility index (Phi) is 13.3. The minimum absolute atomic E-state index is 0.0418. The summed E-state index contributed by atoms with van der Waals surface area (Å²) in [5, 5.41) is 50.0. The summed E-state index contributed by atoms with van der Waals surface area (Å²) in [7, 11) is 1.43. The van der Waals surface area contributed by atoms with E-state index in [0.29, 0.717) is 31.8 Å². The van der Waals surface area contributed by atoms with Crippen LogP contribution in [0.4, 0.5) is 5.69 Å². The van der Waals surface area contributed by atoms with Gasteiger partial charge in [0.2, 0.25) is 0 Å². The van der Waals surface area contributed by atoms with Crippen LogP contribution in [0.2, 0.25) is 0 Å². The molecule has 0 aliphatic carbocycles. The number of ether oxygens (including phenoxy) is 4. The molecule has 334 valence electrons. The maximum Gasteiger partial charge on any atom is 0.383 e. The zero-order valence-corrected chi connectivity index (χ0v) is 37.2. The quantitative estimate of drug-likeness (QED) is 0.165. The first kappa shape index (κ1) is 46.2. The number of hydrogen-bond donors (Lipinski definition) is 5. The molecule has 1 fully saturated rings. The molecule has 0 radical (unpaired) electrons. The van der Waals surface area contributed by atoms with Crippen LogP contribution < -0.4 is 20.8 Å². The number of methoxy groups -OCH3 is 1. The van der Waals surface area contributed by atoms with E-state index in [1.54, 1.807) is 52.8 Å². The number of aliphatic hydroxyl groups is 2. The minimum atomic E-state index is -2.39. The van der Waals surface area contributed by atoms with Crippen LogP contribution in [-0.4, -0.2) is 106 Å². The van der Waals surface area contributed by atoms with Crippen molar-refractivity contribution in [3.63, 3.8) is 0 Å². The summed E-state index contributed by atoms with van der Waals surface area (Å²) < 4.78 is 23.8. The van der Waals surface area contributed by atoms with E-state index in [1.807, 2.05) is 0 Å². The van der Waals surface area contributed by atoms with E-state index in [1.165, 1.54) is 27.0 Å². The molecule has 4 heterocycles. The van der Waals surface area contributed by atoms with Crippen molar-refractivity contribution in [1.82, 2.24) is 4.90 Å². The third-order valence-electron chi connectivity index (χ3n) is 12.9. The number of ketones is 1. The van der Waals surface area contributed by atoms with Crippen LogP contribution in [0, 0.1) is 48.9 Å². The van der Waals surface area contributed by atoms with Crippen LogP contribution in [0.25, 0.3) is 10.8 Å². The summed E-state index contributed by atoms with van der Waals surface area (Å²) in [6.07, 6.45) is 10.6. The smallest absolute Gasteiger partial charge is 0.383 e. The van der Waals surface area contributed by atoms with Crippen molar-refractivity contribution in [3.05, 3.63) is 58.0 Å². The normalized spacial score (nSPS) is 32.2. The predicted molar refractivity (Wildman–Crippen MR) is 231 cm³/mol. The third kappa shape index (κ3) is 8.33. The lowest BCUT2D eigenvalue weighted by molar-refractivity contribution is -0.160. The number of phenolic OH excluding ortho intramolecular Hbond substituents is 2. The molecule has 15 heteroatoms. The predicted octanol–water partition coefficient (Wildman–Crippen LogP) is 4.36. The topological polar surface area (TPSA) is 209 Å². The number of carbonyl (C=O) groups excluding carboxylic acids is 3. The van der Waals surface area contributed by atoms with Crippen LogP contribution in [-0.2, 0) is 23.8 Å². The molecule has 62 heavy (non-hydrogen) atoms. The van der Waals surface area contributed by atoms with Crippen molar-refractivity contribution in [2.75, 3.05) is 32.1 Å². The van der Waals surface area contributed by atoms with Crippen molar-refractivity contribution < 1.29 is 53.8 Å². The number of carbonyl (C=O) groups is 3. The van der Waals surface area contributed by atoms with Gasteiger partial charge < -0.3 is 49.6 Å². The highest BCUT2D eigenvalue weighted by Gasteiger charge is 2.53. The molecule has 1 amide bonds. The molecule has 4 bridgehead atoms. The first-order valence-electron chi connectivity index (χ1n) is 21.3. The van der Waals surface area contributed by atoms with E-state index < -0.39 is 88.7 Å². The van der Waals surface area contributed by atoms with Crippen molar-refractivity contribution in [2.24, 2.45) is 39.6 Å². The SMILES string of the molecule is C#C[C@@]12O/C=C/[C@H](OC)[C@@H](C)[C@@H](OC(C)=O)[C@H](C)[C@H](O)[C@H](C)[C@@H](O)[C@@H](C)/C=C/C=C(/C)C(=O)Nc3c(O)c4c(O)c(C)c(c(c4c4c3=NC3(CCN(CC(C)C)CC3)N=4)C1=O)O2. The van der Waals surface area contributed by atoms with Gasteiger partial charge in [-0.2, -0.15) is 0 Å². The molecular weight excluding hydrogens is 797 g/mol. The third-order valence-corrected chi connectivity index (χ3v) is 12.9. The van der Waals surface area contributed by atoms with E-state index in [0.717, 1.165) is 12.8 Å². The van der Waals surface area contributed by atoms with Gasteiger partial charge in [0, 0.05) is 86.7 Å². The molecule has 2 aromatic rings. The average molecular weight is 857 g/mol. The number of esters is 1. The van der Waals surface area contributed by atoms with Gasteiger partial charge in [-0.3, -0.25) is 24.4 Å². The van der Waals surface area contributed by atoms with Gasteiger partial charge >= 0.3 is 11.8 Å². The molecule has 9 atom stereocenters. The van der Waals surface area contributed by atoms with Crippen LogP contribution in [0.5, 0.6) is 17.2 Å². The number of likely N-dealkylation sites (tertiary alicyclic amines) is 1. The van der Waals surface area contributed by atoms with E-state index in [4.69, 9.17) is 35.4 Å². The molecule has 1 spiro atoms. The number of Topliss-reactive ketones (excluding diaryl/α,β-unsaturated/α-hetero) is 1. The summed E-state index contributed by atoms with van der Waals surface area (Å²) >= 11 is 0. The highest BCUT2D eigenvalue weighted by molar-refractivity contribution is 6.20. The number of fused-ring (bicyclic) bond motifs is 1. The van der Waals surface area contributed by atoms with Crippen LogP contribution in [0.1, 0.15) is 84.2 Å². The Bertz CT molecular complexity index is 2390. The first-order valence-corrected chi connectivity index (χ1v) is 21.3. The standard InChI is InChI=1S/C47H60N4O11/c1-12-47-44(57)34-32-33(40(55)29(9)43(34)62-47)41(56)37(36-35(32)49-46(50-36)17-19-51(20-18-46)22-23(2)3)48-45(58)25(5)15-13-14-24(4)38(53)27(7)39(54)28(8)42(61-30(10)52)26(6)31(59-11)16-21-60-47/h1,13-16,21,23-24,26-28,31,38-39,42,53-56H,17-20,22H2,2-11H3,(H,48,58)/b14-13+,21-16+,25-15-/t24-,26+,27+,28+,31-,38-,39+,42+,47-/m0/s1. The number of amides is 1. The molecule has 5 N–H and O–H groups in total. The Labute approximate surface area is 362 Å². The maximum absolute atomic E-state index is 14.8. The summed E-state index contributed by atoms with van der Waals surface area (Å²) in [5.41, 5.74) is -0.880. The number of aliphatic hydroxyl groups excluding tert-OH is 2. The number of phenols is 2. The van der Waals surface area contributed by atoms with Gasteiger partial charge in [0.25, 0.3) is 11.7 Å². The second-order valence-electron chi connectivity index (χ2n) is 17.8. The van der Waals surface area contributed by atoms with Gasteiger partial charge in [-0.15, -0.1) is 6.42 Å². The van der Waals surface area contributed by atoms with Gasteiger partial charge in [-0.1, -0.05) is 59.8 Å². The van der Waals surface area contributed by atoms with Crippen molar-refractivity contribution >= 4 is 34.1 Å². The van der Waals surface area contributed by atoms with Crippen molar-refractivity contribution in [1.29, 1.82) is 0 Å². The molecule has 0 aromatic heterocycles. The number of benzene rings is 2. The maximum atomic E-state index is 14.8. The second kappa shape index (κ2) is 17.8. The number of nitrogens with zero attached hydrogens (tertiary/aromatic N) is 3. The van der Waals surface area contributed by atoms with Crippen LogP contribution in [0.15, 0.2) is 46.1 Å². The summed E-state index contributed by atoms with van der Waals surface area (Å²) in [4.78, 5) is 53.7. The molecule has 0 unspecified atom stereocenters. The summed E-state index contributed by atoms with van der Waals surface area (Å²) in [5.74, 6) is -5.14. The Hall–Kier alpha value is -5.27. The lowest BCUT2D eigenvalue weighted by Gasteiger charge is -2.38. The van der Waals surface area contributed by atoms with Crippen LogP contribution >= 0.6 is 0 Å². The van der Waals surface area contributed by atoms with E-state index in [2.05, 4.69) is 30.0 Å². The highest BCUT2D eigenvalue weighted by Crippen LogP contribution is 2.50. The van der Waals surface area contributed by atoms with Crippen molar-refractivity contribution in [2.45, 2.75) is 111 Å². The first-order chi connectivity index (χ1) is 29.2. The highest BCUT2D eigenvalue weighted by atomic mass is 16.7. The average Bonchev–Trinajstić information content (AvgIpc) is 3.75. The van der Waals surface area contributed by atoms with Crippen molar-refractivity contribution in [3.8, 4) is 29.6 Å².